The van der Waals surface area contributed by atoms with Crippen LogP contribution in [0.3, 0.4) is 0 Å². The summed E-state index contributed by atoms with van der Waals surface area (Å²) >= 11 is 0. The van der Waals surface area contributed by atoms with Gasteiger partial charge < -0.3 is 15.4 Å². The largest absolute Gasteiger partial charge is 0.497 e. The highest BCUT2D eigenvalue weighted by molar-refractivity contribution is 5.85. The van der Waals surface area contributed by atoms with Crippen molar-refractivity contribution < 1.29 is 9.53 Å². The molecular formula is C21H24N4O2. The van der Waals surface area contributed by atoms with Gasteiger partial charge in [0.05, 0.1) is 19.2 Å². The van der Waals surface area contributed by atoms with Gasteiger partial charge >= 0.3 is 0 Å². The molecule has 6 nitrogen and oxygen atoms in total. The third-order valence-electron chi connectivity index (χ3n) is 5.28. The van der Waals surface area contributed by atoms with Gasteiger partial charge in [0.15, 0.2) is 0 Å². The van der Waals surface area contributed by atoms with Crippen molar-refractivity contribution in [3.05, 3.63) is 59.9 Å². The molecule has 2 N–H and O–H groups in total. The molecule has 1 fully saturated rings. The van der Waals surface area contributed by atoms with Crippen LogP contribution in [0.5, 0.6) is 5.75 Å². The van der Waals surface area contributed by atoms with Gasteiger partial charge in [-0.3, -0.25) is 9.48 Å². The second-order valence-corrected chi connectivity index (χ2v) is 7.08. The van der Waals surface area contributed by atoms with Gasteiger partial charge in [-0.05, 0) is 40.1 Å². The molecule has 1 aliphatic rings. The number of benzene rings is 2. The van der Waals surface area contributed by atoms with E-state index in [0.29, 0.717) is 13.1 Å². The summed E-state index contributed by atoms with van der Waals surface area (Å²) < 4.78 is 7.05. The Balaban J connectivity index is 1.43. The number of carbonyl (C=O) groups excluding carboxylic acids is 1. The molecule has 4 rings (SSSR count). The fourth-order valence-corrected chi connectivity index (χ4v) is 3.77. The Kier molecular flexibility index (Phi) is 4.81. The molecule has 140 valence electrons. The van der Waals surface area contributed by atoms with E-state index >= 15 is 0 Å². The van der Waals surface area contributed by atoms with Crippen LogP contribution < -0.4 is 15.4 Å². The number of fused-ring (bicyclic) bond motifs is 1. The predicted molar refractivity (Wildman–Crippen MR) is 105 cm³/mol. The summed E-state index contributed by atoms with van der Waals surface area (Å²) in [6.45, 7) is 2.03. The molecule has 0 bridgehead atoms. The monoisotopic (exact) mass is 364 g/mol. The number of nitrogens with zero attached hydrogens (tertiary/aromatic N) is 2. The Bertz CT molecular complexity index is 966. The summed E-state index contributed by atoms with van der Waals surface area (Å²) in [5.41, 5.74) is 2.20. The lowest BCUT2D eigenvalue weighted by Crippen LogP contribution is -2.33. The van der Waals surface area contributed by atoms with Crippen LogP contribution in [0, 0.1) is 5.92 Å². The maximum atomic E-state index is 12.8. The molecule has 0 unspecified atom stereocenters. The van der Waals surface area contributed by atoms with Crippen molar-refractivity contribution in [2.45, 2.75) is 12.5 Å². The highest BCUT2D eigenvalue weighted by atomic mass is 16.5. The SMILES string of the molecule is COc1ccc2cc(CNC(=O)[C@H]3CNC[C@@H]3c3cnn(C)c3)ccc2c1. The first-order chi connectivity index (χ1) is 13.1. The van der Waals surface area contributed by atoms with E-state index in [9.17, 15) is 4.79 Å². The minimum absolute atomic E-state index is 0.0704. The summed E-state index contributed by atoms with van der Waals surface area (Å²) in [6, 6.07) is 12.2. The van der Waals surface area contributed by atoms with E-state index in [1.165, 1.54) is 0 Å². The van der Waals surface area contributed by atoms with Crippen LogP contribution in [-0.4, -0.2) is 35.9 Å². The van der Waals surface area contributed by atoms with E-state index in [-0.39, 0.29) is 17.7 Å². The van der Waals surface area contributed by atoms with E-state index in [1.54, 1.807) is 11.8 Å². The Morgan fingerprint density at radius 1 is 1.26 bits per heavy atom. The highest BCUT2D eigenvalue weighted by Gasteiger charge is 2.34. The van der Waals surface area contributed by atoms with Gasteiger partial charge in [-0.25, -0.2) is 0 Å². The number of amides is 1. The fraction of sp³-hybridized carbons (Fsp3) is 0.333. The van der Waals surface area contributed by atoms with Gasteiger partial charge in [-0.15, -0.1) is 0 Å². The number of methoxy groups -OCH3 is 1. The van der Waals surface area contributed by atoms with E-state index in [1.807, 2.05) is 43.7 Å². The van der Waals surface area contributed by atoms with Crippen molar-refractivity contribution in [1.29, 1.82) is 0 Å². The highest BCUT2D eigenvalue weighted by Crippen LogP contribution is 2.28. The van der Waals surface area contributed by atoms with Gasteiger partial charge in [0.25, 0.3) is 0 Å². The first kappa shape index (κ1) is 17.5. The van der Waals surface area contributed by atoms with E-state index in [4.69, 9.17) is 4.74 Å². The number of rotatable bonds is 5. The minimum atomic E-state index is -0.0704. The zero-order valence-corrected chi connectivity index (χ0v) is 15.6. The first-order valence-electron chi connectivity index (χ1n) is 9.17. The van der Waals surface area contributed by atoms with Crippen LogP contribution in [-0.2, 0) is 18.4 Å². The molecule has 0 radical (unpaired) electrons. The number of aryl methyl sites for hydroxylation is 1. The molecule has 2 aromatic carbocycles. The van der Waals surface area contributed by atoms with Crippen molar-refractivity contribution in [3.8, 4) is 5.75 Å². The van der Waals surface area contributed by atoms with Gasteiger partial charge in [0.2, 0.25) is 5.91 Å². The van der Waals surface area contributed by atoms with E-state index in [0.717, 1.165) is 34.2 Å². The van der Waals surface area contributed by atoms with E-state index in [2.05, 4.69) is 27.9 Å². The zero-order chi connectivity index (χ0) is 18.8. The Morgan fingerprint density at radius 3 is 2.85 bits per heavy atom. The second-order valence-electron chi connectivity index (χ2n) is 7.08. The number of carbonyl (C=O) groups is 1. The van der Waals surface area contributed by atoms with Crippen molar-refractivity contribution in [3.63, 3.8) is 0 Å². The zero-order valence-electron chi connectivity index (χ0n) is 15.6. The minimum Gasteiger partial charge on any atom is -0.497 e. The summed E-state index contributed by atoms with van der Waals surface area (Å²) in [4.78, 5) is 12.8. The van der Waals surface area contributed by atoms with Crippen LogP contribution in [0.25, 0.3) is 10.8 Å². The van der Waals surface area contributed by atoms with Crippen LogP contribution in [0.1, 0.15) is 17.0 Å². The van der Waals surface area contributed by atoms with Crippen molar-refractivity contribution in [1.82, 2.24) is 20.4 Å². The number of aromatic nitrogens is 2. The predicted octanol–water partition coefficient (Wildman–Crippen LogP) is 2.20. The molecule has 0 spiro atoms. The summed E-state index contributed by atoms with van der Waals surface area (Å²) in [5, 5.41) is 12.9. The molecule has 2 heterocycles. The van der Waals surface area contributed by atoms with Crippen LogP contribution in [0.15, 0.2) is 48.8 Å². The molecule has 1 aliphatic heterocycles. The molecule has 6 heteroatoms. The normalized spacial score (nSPS) is 19.3. The van der Waals surface area contributed by atoms with Crippen LogP contribution in [0.4, 0.5) is 0 Å². The molecule has 0 saturated carbocycles. The average Bonchev–Trinajstić information content (AvgIpc) is 3.34. The van der Waals surface area contributed by atoms with Gasteiger partial charge in [-0.1, -0.05) is 18.2 Å². The topological polar surface area (TPSA) is 68.2 Å². The Hall–Kier alpha value is -2.86. The van der Waals surface area contributed by atoms with Crippen LogP contribution >= 0.6 is 0 Å². The lowest BCUT2D eigenvalue weighted by molar-refractivity contribution is -0.125. The quantitative estimate of drug-likeness (QED) is 0.728. The van der Waals surface area contributed by atoms with Gasteiger partial charge in [-0.2, -0.15) is 5.10 Å². The third-order valence-corrected chi connectivity index (χ3v) is 5.28. The number of hydrogen-bond acceptors (Lipinski definition) is 4. The molecule has 27 heavy (non-hydrogen) atoms. The summed E-state index contributed by atoms with van der Waals surface area (Å²) in [5.74, 6) is 1.03. The van der Waals surface area contributed by atoms with Crippen molar-refractivity contribution in [2.24, 2.45) is 13.0 Å². The van der Waals surface area contributed by atoms with Crippen molar-refractivity contribution >= 4 is 16.7 Å². The Morgan fingerprint density at radius 2 is 2.07 bits per heavy atom. The van der Waals surface area contributed by atoms with E-state index < -0.39 is 0 Å². The average molecular weight is 364 g/mol. The summed E-state index contributed by atoms with van der Waals surface area (Å²) in [7, 11) is 3.57. The maximum Gasteiger partial charge on any atom is 0.225 e. The van der Waals surface area contributed by atoms with Crippen LogP contribution in [0.2, 0.25) is 0 Å². The van der Waals surface area contributed by atoms with Gasteiger partial charge in [0, 0.05) is 38.8 Å². The molecule has 1 saturated heterocycles. The van der Waals surface area contributed by atoms with Gasteiger partial charge in [0.1, 0.15) is 5.75 Å². The molecule has 3 aromatic rings. The standard InChI is InChI=1S/C21H24N4O2/c1-25-13-17(10-24-25)19-11-22-12-20(19)21(26)23-9-14-3-4-16-8-18(27-2)6-5-15(16)7-14/h3-8,10,13,19-20,22H,9,11-12H2,1-2H3,(H,23,26)/t19-,20+/m1/s1. The molecule has 2 atom stereocenters. The first-order valence-corrected chi connectivity index (χ1v) is 9.17. The second kappa shape index (κ2) is 7.40. The summed E-state index contributed by atoms with van der Waals surface area (Å²) in [6.07, 6.45) is 3.85. The smallest absolute Gasteiger partial charge is 0.225 e. The molecule has 0 aliphatic carbocycles. The molecule has 1 amide bonds. The van der Waals surface area contributed by atoms with Crippen molar-refractivity contribution in [2.75, 3.05) is 20.2 Å². The Labute approximate surface area is 158 Å². The maximum absolute atomic E-state index is 12.8. The number of ether oxygens (including phenoxy) is 1. The number of hydrogen-bond donors (Lipinski definition) is 2. The lowest BCUT2D eigenvalue weighted by atomic mass is 9.90. The number of nitrogens with one attached hydrogen (secondary N) is 2. The molecule has 1 aromatic heterocycles. The lowest BCUT2D eigenvalue weighted by Gasteiger charge is -2.17. The third kappa shape index (κ3) is 3.66. The molecular weight excluding hydrogens is 340 g/mol. The fourth-order valence-electron chi connectivity index (χ4n) is 3.77.